The fourth-order valence-corrected chi connectivity index (χ4v) is 15.7. The zero-order chi connectivity index (χ0) is 105. The summed E-state index contributed by atoms with van der Waals surface area (Å²) in [7, 11) is 6.55. The summed E-state index contributed by atoms with van der Waals surface area (Å²) < 4.78 is 86.1. The number of aryl methyl sites for hydroxylation is 4. The molecule has 4 fully saturated rings. The van der Waals surface area contributed by atoms with Crippen LogP contribution in [0.2, 0.25) is 0 Å². The van der Waals surface area contributed by atoms with E-state index in [1.807, 2.05) is 79.0 Å². The lowest BCUT2D eigenvalue weighted by Gasteiger charge is -2.18. The number of nitrogens with zero attached hydrogens (tertiary/aromatic N) is 24. The van der Waals surface area contributed by atoms with Crippen LogP contribution < -0.4 is 18.9 Å². The first-order valence-corrected chi connectivity index (χ1v) is 50.3. The molecule has 16 aromatic rings. The maximum atomic E-state index is 5.84. The van der Waals surface area contributed by atoms with Crippen LogP contribution in [0.4, 0.5) is 0 Å². The van der Waals surface area contributed by atoms with Crippen LogP contribution >= 0.6 is 0 Å². The van der Waals surface area contributed by atoms with Gasteiger partial charge in [0.2, 0.25) is 41.2 Å². The second-order valence-corrected chi connectivity index (χ2v) is 38.3. The molecule has 20 rings (SSSR count). The number of aromatic nitrogens is 24. The van der Waals surface area contributed by atoms with Gasteiger partial charge in [-0.15, -0.1) is 40.8 Å². The van der Waals surface area contributed by atoms with E-state index in [0.29, 0.717) is 147 Å². The van der Waals surface area contributed by atoms with Crippen LogP contribution in [0, 0.1) is 27.7 Å². The van der Waals surface area contributed by atoms with Crippen LogP contribution in [0.1, 0.15) is 325 Å². The summed E-state index contributed by atoms with van der Waals surface area (Å²) in [5.41, 5.74) is 14.5. The predicted octanol–water partition coefficient (Wildman–Crippen LogP) is 22.9. The van der Waals surface area contributed by atoms with E-state index in [0.717, 1.165) is 229 Å². The number of rotatable bonds is 24. The lowest BCUT2D eigenvalue weighted by Crippen LogP contribution is -2.15. The van der Waals surface area contributed by atoms with Gasteiger partial charge in [0.15, 0.2) is 23.3 Å². The lowest BCUT2D eigenvalue weighted by molar-refractivity contribution is 0.0795. The molecule has 4 aliphatic rings. The summed E-state index contributed by atoms with van der Waals surface area (Å²) in [6.45, 7) is 46.8. The maximum absolute atomic E-state index is 5.84. The first kappa shape index (κ1) is 111. The smallest absolute Gasteiger partial charge is 0.266 e. The summed E-state index contributed by atoms with van der Waals surface area (Å²) in [4.78, 5) is 52.5. The number of ether oxygens (including phenoxy) is 8. The molecule has 0 atom stereocenters. The molecule has 0 saturated carbocycles. The van der Waals surface area contributed by atoms with E-state index in [4.69, 9.17) is 73.7 Å². The van der Waals surface area contributed by atoms with E-state index >= 15 is 0 Å². The molecule has 0 spiro atoms. The fraction of sp³-hybridized carbons (Fsp3) is 0.481. The molecule has 40 heteroatoms. The highest BCUT2D eigenvalue weighted by molar-refractivity contribution is 5.60. The monoisotopic (exact) mass is 2030 g/mol. The molecule has 0 N–H and O–H groups in total. The SMILES string of the molecule is CC(C)c1ccc(-c2nc(C3CCOCC3)no2)cn1.CC(C)c1ccc(-c2nnc(C3CCOCC3)o2)cn1.COc1cc(-c2nc(C)no2)cnc1C(C)C.COc1cc(-c2nc(C3CCOCC3)no2)cnc1C(C)C.COc1cc(-c2nnc(C)o2)cnc1C(C)C.COc1cc(-c2nnc(C3CCOCC3)o2)cnc1C(C)C.Cc1nnc(-c2ccc(C(C)C)cn2)o1.Cc1noc(-c2ccc(C(C)C)nc2)n1. The van der Waals surface area contributed by atoms with Crippen molar-refractivity contribution in [3.63, 3.8) is 0 Å². The van der Waals surface area contributed by atoms with Crippen molar-refractivity contribution in [3.05, 3.63) is 215 Å². The van der Waals surface area contributed by atoms with Crippen molar-refractivity contribution >= 4 is 0 Å². The second kappa shape index (κ2) is 54.2. The van der Waals surface area contributed by atoms with Crippen LogP contribution in [0.25, 0.3) is 91.8 Å². The molecule has 20 heterocycles. The topological polar surface area (TPSA) is 488 Å². The Bertz CT molecular complexity index is 6300. The van der Waals surface area contributed by atoms with Crippen LogP contribution in [-0.2, 0) is 18.9 Å². The molecule has 0 unspecified atom stereocenters. The largest absolute Gasteiger partial charge is 0.495 e. The molecule has 16 aromatic heterocycles. The van der Waals surface area contributed by atoms with E-state index in [-0.39, 0.29) is 0 Å². The lowest BCUT2D eigenvalue weighted by atomic mass is 10.00. The van der Waals surface area contributed by atoms with Gasteiger partial charge in [-0.1, -0.05) is 137 Å². The Kier molecular flexibility index (Phi) is 40.5. The van der Waals surface area contributed by atoms with Gasteiger partial charge >= 0.3 is 0 Å². The molecule has 0 bridgehead atoms. The highest BCUT2D eigenvalue weighted by Crippen LogP contribution is 2.39. The zero-order valence-electron chi connectivity index (χ0n) is 89.1. The highest BCUT2D eigenvalue weighted by atomic mass is 16.5. The minimum atomic E-state index is 0.291. The Hall–Kier alpha value is -14.6. The van der Waals surface area contributed by atoms with E-state index < -0.39 is 0 Å². The van der Waals surface area contributed by atoms with Gasteiger partial charge in [-0.05, 0) is 185 Å². The molecule has 0 aromatic carbocycles. The van der Waals surface area contributed by atoms with Crippen molar-refractivity contribution in [1.29, 1.82) is 0 Å². The third kappa shape index (κ3) is 30.8. The average molecular weight is 2030 g/mol. The minimum Gasteiger partial charge on any atom is -0.495 e. The normalized spacial score (nSPS) is 14.1. The summed E-state index contributed by atoms with van der Waals surface area (Å²) in [6, 6.07) is 23.4. The molecule has 40 nitrogen and oxygen atoms in total. The highest BCUT2D eigenvalue weighted by Gasteiger charge is 2.29. The number of methoxy groups -OCH3 is 4. The summed E-state index contributed by atoms with van der Waals surface area (Å²) in [5, 5.41) is 47.8. The molecule has 0 radical (unpaired) electrons. The van der Waals surface area contributed by atoms with E-state index in [2.05, 4.69) is 232 Å². The predicted molar refractivity (Wildman–Crippen MR) is 549 cm³/mol. The molecule has 0 amide bonds. The van der Waals surface area contributed by atoms with Gasteiger partial charge in [0.05, 0.1) is 90.2 Å². The fourth-order valence-electron chi connectivity index (χ4n) is 15.7. The van der Waals surface area contributed by atoms with Crippen molar-refractivity contribution in [2.75, 3.05) is 81.3 Å². The van der Waals surface area contributed by atoms with Crippen LogP contribution in [0.5, 0.6) is 23.0 Å². The summed E-state index contributed by atoms with van der Waals surface area (Å²) in [6.07, 6.45) is 21.7. The van der Waals surface area contributed by atoms with E-state index in [1.54, 1.807) is 99.5 Å². The average Bonchev–Trinajstić information content (AvgIpc) is 1.78. The Morgan fingerprint density at radius 2 is 0.547 bits per heavy atom. The molecule has 0 aliphatic carbocycles. The Morgan fingerprint density at radius 3 is 0.838 bits per heavy atom. The van der Waals surface area contributed by atoms with Crippen LogP contribution in [0.3, 0.4) is 0 Å². The molecular weight excluding hydrogens is 1890 g/mol. The zero-order valence-corrected chi connectivity index (χ0v) is 89.1. The number of pyridine rings is 8. The Morgan fingerprint density at radius 1 is 0.257 bits per heavy atom. The van der Waals surface area contributed by atoms with E-state index in [9.17, 15) is 0 Å². The molecule has 4 aliphatic heterocycles. The van der Waals surface area contributed by atoms with Gasteiger partial charge in [-0.2, -0.15) is 19.9 Å². The first-order valence-electron chi connectivity index (χ1n) is 50.3. The van der Waals surface area contributed by atoms with Gasteiger partial charge < -0.3 is 73.7 Å². The van der Waals surface area contributed by atoms with Crippen molar-refractivity contribution in [2.24, 2.45) is 0 Å². The number of hydrogen-bond donors (Lipinski definition) is 0. The molecule has 148 heavy (non-hydrogen) atoms. The van der Waals surface area contributed by atoms with Crippen LogP contribution in [0.15, 0.2) is 158 Å². The van der Waals surface area contributed by atoms with Crippen molar-refractivity contribution in [3.8, 4) is 115 Å². The van der Waals surface area contributed by atoms with Gasteiger partial charge in [0, 0.05) is 157 Å². The van der Waals surface area contributed by atoms with Gasteiger partial charge in [-0.3, -0.25) is 39.9 Å². The molecular formula is C108H136N24O16. The molecule has 784 valence electrons. The minimum absolute atomic E-state index is 0.291. The standard InChI is InChI=1S/2C16H21N3O3.2C15H19N3O2.2C12H15N3O2.2C11H13N3O/c1-10(2)14-13(20-3)8-12(9-17-14)16-19-18-15(22-16)11-4-6-21-7-5-11;1-10(2)14-13(20-3)8-12(9-17-14)16-18-15(19-22-16)11-4-6-21-7-5-11;1-10(2)13-4-3-12(9-16-13)15-18-17-14(20-15)11-5-7-19-8-6-11;1-10(2)13-4-3-12(9-16-13)15-17-14(18-20-15)11-5-7-19-8-6-11;1-7(2)11-10(16-4)5-9(6-13-11)12-15-14-8(3)17-12;1-7(2)11-10(16-4)5-9(6-13-11)12-14-8(3)15-17-12;1-7(2)10-5-4-9(6-12-10)11-13-8(3)14-15-11;1-7(2)9-4-5-10(12-6-9)11-14-13-8(3)15-11/h2*8-11H,4-7H2,1-3H3;2*3-4,9-11H,5-8H2,1-2H3;2*5-7H,1-4H3;2*4-7H,1-3H3. The third-order valence-corrected chi connectivity index (χ3v) is 24.3. The molecule has 4 saturated heterocycles. The van der Waals surface area contributed by atoms with Gasteiger partial charge in [0.25, 0.3) is 29.5 Å². The van der Waals surface area contributed by atoms with Gasteiger partial charge in [-0.25, -0.2) is 0 Å². The first-order chi connectivity index (χ1) is 71.4. The Balaban J connectivity index is 0.000000142. The van der Waals surface area contributed by atoms with Crippen molar-refractivity contribution in [2.45, 2.75) is 261 Å². The third-order valence-electron chi connectivity index (χ3n) is 24.3. The van der Waals surface area contributed by atoms with E-state index in [1.165, 1.54) is 5.56 Å². The quantitative estimate of drug-likeness (QED) is 0.0542. The summed E-state index contributed by atoms with van der Waals surface area (Å²) in [5.74, 6) is 16.5. The van der Waals surface area contributed by atoms with Crippen molar-refractivity contribution in [1.82, 2.24) is 121 Å². The number of hydrogen-bond acceptors (Lipinski definition) is 40. The second-order valence-electron chi connectivity index (χ2n) is 38.3. The summed E-state index contributed by atoms with van der Waals surface area (Å²) >= 11 is 0. The van der Waals surface area contributed by atoms with Crippen molar-refractivity contribution < 1.29 is 73.7 Å². The maximum Gasteiger partial charge on any atom is 0.266 e. The Labute approximate surface area is 861 Å². The van der Waals surface area contributed by atoms with Crippen LogP contribution in [-0.4, -0.2) is 203 Å². The van der Waals surface area contributed by atoms with Gasteiger partial charge in [0.1, 0.15) is 28.7 Å².